The van der Waals surface area contributed by atoms with Crippen molar-refractivity contribution in [3.63, 3.8) is 0 Å². The number of rotatable bonds is 4. The van der Waals surface area contributed by atoms with Crippen LogP contribution in [0.25, 0.3) is 0 Å². The normalized spacial score (nSPS) is 10.4. The van der Waals surface area contributed by atoms with E-state index in [1.54, 1.807) is 18.2 Å². The van der Waals surface area contributed by atoms with E-state index in [2.05, 4.69) is 20.8 Å². The average molecular weight is 357 g/mol. The van der Waals surface area contributed by atoms with Crippen LogP contribution in [-0.2, 0) is 0 Å². The second kappa shape index (κ2) is 7.27. The lowest BCUT2D eigenvalue weighted by Gasteiger charge is -2.08. The number of anilines is 3. The Balaban J connectivity index is 1.66. The van der Waals surface area contributed by atoms with Gasteiger partial charge in [0.2, 0.25) is 0 Å². The second-order valence-corrected chi connectivity index (χ2v) is 5.76. The molecule has 0 bridgehead atoms. The molecule has 0 saturated carbocycles. The molecule has 7 heteroatoms. The summed E-state index contributed by atoms with van der Waals surface area (Å²) in [5.74, 6) is 0.0184. The zero-order valence-electron chi connectivity index (χ0n) is 13.3. The zero-order valence-corrected chi connectivity index (χ0v) is 14.0. The van der Waals surface area contributed by atoms with E-state index in [0.29, 0.717) is 22.2 Å². The molecule has 5 nitrogen and oxygen atoms in total. The highest BCUT2D eigenvalue weighted by Gasteiger charge is 2.08. The number of aromatic nitrogens is 2. The van der Waals surface area contributed by atoms with Gasteiger partial charge >= 0.3 is 0 Å². The SMILES string of the molecule is Cc1ccc(Nc2ccc(NC(=O)c3ccc(F)cc3)nn2)cc1Cl. The van der Waals surface area contributed by atoms with Crippen LogP contribution in [0.2, 0.25) is 5.02 Å². The third-order valence-electron chi connectivity index (χ3n) is 3.46. The first-order valence-corrected chi connectivity index (χ1v) is 7.83. The monoisotopic (exact) mass is 356 g/mol. The summed E-state index contributed by atoms with van der Waals surface area (Å²) >= 11 is 6.08. The first kappa shape index (κ1) is 16.9. The molecule has 2 N–H and O–H groups in total. The summed E-state index contributed by atoms with van der Waals surface area (Å²) in [6.45, 7) is 1.92. The highest BCUT2D eigenvalue weighted by Crippen LogP contribution is 2.22. The number of benzene rings is 2. The van der Waals surface area contributed by atoms with E-state index in [0.717, 1.165) is 11.3 Å². The van der Waals surface area contributed by atoms with Gasteiger partial charge in [0, 0.05) is 16.3 Å². The first-order chi connectivity index (χ1) is 12.0. The number of aryl methyl sites for hydroxylation is 1. The van der Waals surface area contributed by atoms with Gasteiger partial charge in [0.05, 0.1) is 0 Å². The number of amides is 1. The number of nitrogens with zero attached hydrogens (tertiary/aromatic N) is 2. The first-order valence-electron chi connectivity index (χ1n) is 7.45. The summed E-state index contributed by atoms with van der Waals surface area (Å²) in [6, 6.07) is 14.1. The molecule has 1 aromatic heterocycles. The van der Waals surface area contributed by atoms with E-state index >= 15 is 0 Å². The van der Waals surface area contributed by atoms with Gasteiger partial charge in [-0.15, -0.1) is 10.2 Å². The summed E-state index contributed by atoms with van der Waals surface area (Å²) in [7, 11) is 0. The number of hydrogen-bond acceptors (Lipinski definition) is 4. The molecule has 0 radical (unpaired) electrons. The van der Waals surface area contributed by atoms with Crippen molar-refractivity contribution in [2.75, 3.05) is 10.6 Å². The summed E-state index contributed by atoms with van der Waals surface area (Å²) in [4.78, 5) is 12.0. The van der Waals surface area contributed by atoms with Crippen LogP contribution in [0, 0.1) is 12.7 Å². The molecule has 0 aliphatic carbocycles. The molecule has 25 heavy (non-hydrogen) atoms. The Morgan fingerprint density at radius 1 is 1.00 bits per heavy atom. The van der Waals surface area contributed by atoms with Crippen molar-refractivity contribution in [1.29, 1.82) is 0 Å². The fourth-order valence-electron chi connectivity index (χ4n) is 2.07. The lowest BCUT2D eigenvalue weighted by Crippen LogP contribution is -2.13. The van der Waals surface area contributed by atoms with E-state index in [1.165, 1.54) is 24.3 Å². The molecule has 3 rings (SSSR count). The second-order valence-electron chi connectivity index (χ2n) is 5.35. The van der Waals surface area contributed by atoms with Gasteiger partial charge < -0.3 is 10.6 Å². The van der Waals surface area contributed by atoms with Crippen LogP contribution in [0.5, 0.6) is 0 Å². The minimum absolute atomic E-state index is 0.293. The van der Waals surface area contributed by atoms with Crippen molar-refractivity contribution in [3.8, 4) is 0 Å². The summed E-state index contributed by atoms with van der Waals surface area (Å²) < 4.78 is 12.9. The van der Waals surface area contributed by atoms with Crippen molar-refractivity contribution in [2.45, 2.75) is 6.92 Å². The molecule has 2 aromatic carbocycles. The largest absolute Gasteiger partial charge is 0.339 e. The predicted molar refractivity (Wildman–Crippen MR) is 95.9 cm³/mol. The van der Waals surface area contributed by atoms with E-state index in [-0.39, 0.29) is 5.91 Å². The minimum Gasteiger partial charge on any atom is -0.339 e. The van der Waals surface area contributed by atoms with Gasteiger partial charge in [0.1, 0.15) is 5.82 Å². The van der Waals surface area contributed by atoms with Gasteiger partial charge in [-0.2, -0.15) is 0 Å². The Hall–Kier alpha value is -2.99. The Labute approximate surface area is 148 Å². The van der Waals surface area contributed by atoms with E-state index in [1.807, 2.05) is 19.1 Å². The maximum atomic E-state index is 12.9. The van der Waals surface area contributed by atoms with Gasteiger partial charge in [0.25, 0.3) is 5.91 Å². The van der Waals surface area contributed by atoms with Gasteiger partial charge in [-0.1, -0.05) is 17.7 Å². The molecule has 0 fully saturated rings. The molecular weight excluding hydrogens is 343 g/mol. The van der Waals surface area contributed by atoms with Gasteiger partial charge in [-0.3, -0.25) is 4.79 Å². The Morgan fingerprint density at radius 2 is 1.68 bits per heavy atom. The molecule has 0 aliphatic heterocycles. The van der Waals surface area contributed by atoms with Gasteiger partial charge in [0.15, 0.2) is 11.6 Å². The smallest absolute Gasteiger partial charge is 0.256 e. The molecule has 126 valence electrons. The van der Waals surface area contributed by atoms with Crippen LogP contribution in [0.15, 0.2) is 54.6 Å². The quantitative estimate of drug-likeness (QED) is 0.718. The summed E-state index contributed by atoms with van der Waals surface area (Å²) in [5, 5.41) is 14.3. The van der Waals surface area contributed by atoms with Crippen LogP contribution in [-0.4, -0.2) is 16.1 Å². The van der Waals surface area contributed by atoms with Crippen molar-refractivity contribution in [1.82, 2.24) is 10.2 Å². The number of nitrogens with one attached hydrogen (secondary N) is 2. The van der Waals surface area contributed by atoms with Crippen molar-refractivity contribution in [2.24, 2.45) is 0 Å². The van der Waals surface area contributed by atoms with Crippen LogP contribution in [0.1, 0.15) is 15.9 Å². The number of hydrogen-bond donors (Lipinski definition) is 2. The van der Waals surface area contributed by atoms with Crippen molar-refractivity contribution >= 4 is 34.8 Å². The highest BCUT2D eigenvalue weighted by molar-refractivity contribution is 6.31. The summed E-state index contributed by atoms with van der Waals surface area (Å²) in [5.41, 5.74) is 2.10. The number of halogens is 2. The Kier molecular flexibility index (Phi) is 4.90. The lowest BCUT2D eigenvalue weighted by molar-refractivity contribution is 0.102. The highest BCUT2D eigenvalue weighted by atomic mass is 35.5. The molecule has 0 saturated heterocycles. The fourth-order valence-corrected chi connectivity index (χ4v) is 2.25. The zero-order chi connectivity index (χ0) is 17.8. The molecule has 0 spiro atoms. The summed E-state index contributed by atoms with van der Waals surface area (Å²) in [6.07, 6.45) is 0. The third kappa shape index (κ3) is 4.30. The fraction of sp³-hybridized carbons (Fsp3) is 0.0556. The third-order valence-corrected chi connectivity index (χ3v) is 3.86. The molecule has 3 aromatic rings. The van der Waals surface area contributed by atoms with Crippen LogP contribution in [0.4, 0.5) is 21.7 Å². The maximum absolute atomic E-state index is 12.9. The minimum atomic E-state index is -0.400. The molecule has 0 atom stereocenters. The van der Waals surface area contributed by atoms with Gasteiger partial charge in [-0.25, -0.2) is 4.39 Å². The van der Waals surface area contributed by atoms with Crippen LogP contribution >= 0.6 is 11.6 Å². The van der Waals surface area contributed by atoms with Crippen molar-refractivity contribution in [3.05, 3.63) is 76.6 Å². The molecule has 0 aliphatic rings. The average Bonchev–Trinajstić information content (AvgIpc) is 2.60. The van der Waals surface area contributed by atoms with E-state index in [9.17, 15) is 9.18 Å². The van der Waals surface area contributed by atoms with Crippen molar-refractivity contribution < 1.29 is 9.18 Å². The molecular formula is C18H14ClFN4O. The Bertz CT molecular complexity index is 898. The topological polar surface area (TPSA) is 66.9 Å². The van der Waals surface area contributed by atoms with E-state index < -0.39 is 5.82 Å². The van der Waals surface area contributed by atoms with E-state index in [4.69, 9.17) is 11.6 Å². The Morgan fingerprint density at radius 3 is 2.32 bits per heavy atom. The van der Waals surface area contributed by atoms with Gasteiger partial charge in [-0.05, 0) is 61.0 Å². The van der Waals surface area contributed by atoms with Crippen LogP contribution < -0.4 is 10.6 Å². The maximum Gasteiger partial charge on any atom is 0.256 e. The lowest BCUT2D eigenvalue weighted by atomic mass is 10.2. The molecule has 0 unspecified atom stereocenters. The van der Waals surface area contributed by atoms with Crippen LogP contribution in [0.3, 0.4) is 0 Å². The molecule has 1 heterocycles. The standard InChI is InChI=1S/C18H14ClFN4O/c1-11-2-7-14(10-15(11)19)21-16-8-9-17(24-23-16)22-18(25)12-3-5-13(20)6-4-12/h2-10H,1H3,(H,21,23)(H,22,24,25). The molecule has 1 amide bonds. The predicted octanol–water partition coefficient (Wildman–Crippen LogP) is 4.57. The number of carbonyl (C=O) groups excluding carboxylic acids is 1. The number of carbonyl (C=O) groups is 1.